The molecule has 1 N–H and O–H groups in total. The van der Waals surface area contributed by atoms with E-state index in [0.717, 1.165) is 6.54 Å². The van der Waals surface area contributed by atoms with E-state index in [1.165, 1.54) is 31.5 Å². The van der Waals surface area contributed by atoms with Crippen LogP contribution in [0.25, 0.3) is 0 Å². The van der Waals surface area contributed by atoms with Crippen molar-refractivity contribution in [3.63, 3.8) is 0 Å². The van der Waals surface area contributed by atoms with Crippen molar-refractivity contribution in [3.05, 3.63) is 34.2 Å². The van der Waals surface area contributed by atoms with Crippen LogP contribution in [0.3, 0.4) is 0 Å². The molecule has 0 spiro atoms. The maximum atomic E-state index is 12.2. The predicted molar refractivity (Wildman–Crippen MR) is 66.0 cm³/mol. The molecule has 1 amide bonds. The van der Waals surface area contributed by atoms with Gasteiger partial charge in [0.05, 0.1) is 0 Å². The Morgan fingerprint density at radius 1 is 1.53 bits per heavy atom. The fourth-order valence-corrected chi connectivity index (χ4v) is 2.10. The zero-order chi connectivity index (χ0) is 12.3. The van der Waals surface area contributed by atoms with Crippen molar-refractivity contribution >= 4 is 5.91 Å². The van der Waals surface area contributed by atoms with E-state index in [0.29, 0.717) is 12.5 Å². The van der Waals surface area contributed by atoms with Crippen molar-refractivity contribution in [2.75, 3.05) is 13.1 Å². The third kappa shape index (κ3) is 2.57. The summed E-state index contributed by atoms with van der Waals surface area (Å²) < 4.78 is 0. The number of nitrogens with zero attached hydrogens (tertiary/aromatic N) is 1. The molecule has 0 unspecified atom stereocenters. The lowest BCUT2D eigenvalue weighted by Gasteiger charge is -2.31. The maximum absolute atomic E-state index is 12.2. The van der Waals surface area contributed by atoms with Crippen LogP contribution in [0.5, 0.6) is 0 Å². The minimum atomic E-state index is -0.208. The molecule has 1 saturated carbocycles. The molecule has 2 rings (SSSR count). The van der Waals surface area contributed by atoms with E-state index in [2.05, 4.69) is 4.98 Å². The molecular weight excluding hydrogens is 216 g/mol. The number of hydrogen-bond donors (Lipinski definition) is 1. The molecule has 0 saturated heterocycles. The number of carbonyl (C=O) groups excluding carboxylic acids is 1. The van der Waals surface area contributed by atoms with Gasteiger partial charge in [-0.15, -0.1) is 0 Å². The average molecular weight is 234 g/mol. The third-order valence-corrected chi connectivity index (χ3v) is 3.43. The summed E-state index contributed by atoms with van der Waals surface area (Å²) in [4.78, 5) is 28.3. The van der Waals surface area contributed by atoms with Crippen LogP contribution in [0.15, 0.2) is 23.3 Å². The van der Waals surface area contributed by atoms with Gasteiger partial charge in [-0.2, -0.15) is 0 Å². The number of carbonyl (C=O) groups is 1. The lowest BCUT2D eigenvalue weighted by Crippen LogP contribution is -2.39. The van der Waals surface area contributed by atoms with Gasteiger partial charge in [-0.25, -0.2) is 0 Å². The number of rotatable bonds is 4. The largest absolute Gasteiger partial charge is 0.367 e. The molecule has 1 heterocycles. The molecule has 0 atom stereocenters. The molecule has 4 heteroatoms. The van der Waals surface area contributed by atoms with Crippen molar-refractivity contribution in [2.24, 2.45) is 5.92 Å². The Hall–Kier alpha value is -1.58. The Kier molecular flexibility index (Phi) is 3.61. The molecule has 1 aromatic heterocycles. The molecule has 0 aromatic carbocycles. The highest BCUT2D eigenvalue weighted by Gasteiger charge is 2.24. The molecule has 4 nitrogen and oxygen atoms in total. The lowest BCUT2D eigenvalue weighted by atomic mass is 9.85. The van der Waals surface area contributed by atoms with E-state index in [-0.39, 0.29) is 16.9 Å². The molecule has 1 aromatic rings. The van der Waals surface area contributed by atoms with Gasteiger partial charge >= 0.3 is 0 Å². The molecule has 1 fully saturated rings. The quantitative estimate of drug-likeness (QED) is 0.861. The standard InChI is InChI=1S/C13H18N2O2/c1-2-15(9-10-4-3-5-10)13(17)11-8-14-7-6-12(11)16/h6-8,10H,2-5,9H2,1H3,(H,14,16). The summed E-state index contributed by atoms with van der Waals surface area (Å²) >= 11 is 0. The summed E-state index contributed by atoms with van der Waals surface area (Å²) in [5.74, 6) is 0.475. The van der Waals surface area contributed by atoms with Crippen LogP contribution in [0.1, 0.15) is 36.5 Å². The Bertz CT molecular complexity index is 449. The molecule has 17 heavy (non-hydrogen) atoms. The van der Waals surface area contributed by atoms with Crippen molar-refractivity contribution in [3.8, 4) is 0 Å². The summed E-state index contributed by atoms with van der Waals surface area (Å²) in [7, 11) is 0. The monoisotopic (exact) mass is 234 g/mol. The summed E-state index contributed by atoms with van der Waals surface area (Å²) in [6.45, 7) is 3.39. The molecule has 1 aliphatic carbocycles. The van der Waals surface area contributed by atoms with Gasteiger partial charge in [0.25, 0.3) is 5.91 Å². The first kappa shape index (κ1) is 11.9. The van der Waals surface area contributed by atoms with Gasteiger partial charge in [-0.05, 0) is 25.7 Å². The molecule has 92 valence electrons. The summed E-state index contributed by atoms with van der Waals surface area (Å²) in [5, 5.41) is 0. The van der Waals surface area contributed by atoms with Crippen LogP contribution in [0.2, 0.25) is 0 Å². The van der Waals surface area contributed by atoms with E-state index >= 15 is 0 Å². The minimum Gasteiger partial charge on any atom is -0.367 e. The van der Waals surface area contributed by atoms with Crippen LogP contribution in [0.4, 0.5) is 0 Å². The zero-order valence-corrected chi connectivity index (χ0v) is 10.1. The average Bonchev–Trinajstić information content (AvgIpc) is 2.28. The van der Waals surface area contributed by atoms with Gasteiger partial charge in [0.15, 0.2) is 5.43 Å². The fourth-order valence-electron chi connectivity index (χ4n) is 2.10. The molecule has 0 radical (unpaired) electrons. The van der Waals surface area contributed by atoms with Crippen molar-refractivity contribution < 1.29 is 4.79 Å². The fraction of sp³-hybridized carbons (Fsp3) is 0.538. The first-order valence-corrected chi connectivity index (χ1v) is 6.18. The van der Waals surface area contributed by atoms with Crippen LogP contribution >= 0.6 is 0 Å². The van der Waals surface area contributed by atoms with E-state index in [9.17, 15) is 9.59 Å². The maximum Gasteiger partial charge on any atom is 0.259 e. The van der Waals surface area contributed by atoms with Gasteiger partial charge in [-0.1, -0.05) is 6.42 Å². The van der Waals surface area contributed by atoms with Gasteiger partial charge < -0.3 is 9.88 Å². The number of H-pyrrole nitrogens is 1. The topological polar surface area (TPSA) is 53.2 Å². The second-order valence-corrected chi connectivity index (χ2v) is 4.56. The van der Waals surface area contributed by atoms with Gasteiger partial charge in [-0.3, -0.25) is 9.59 Å². The van der Waals surface area contributed by atoms with E-state index < -0.39 is 0 Å². The molecule has 0 bridgehead atoms. The second kappa shape index (κ2) is 5.17. The van der Waals surface area contributed by atoms with Gasteiger partial charge in [0.1, 0.15) is 5.56 Å². The smallest absolute Gasteiger partial charge is 0.259 e. The normalized spacial score (nSPS) is 15.4. The minimum absolute atomic E-state index is 0.152. The Labute approximate surface area is 101 Å². The van der Waals surface area contributed by atoms with E-state index in [1.54, 1.807) is 11.1 Å². The highest BCUT2D eigenvalue weighted by atomic mass is 16.2. The summed E-state index contributed by atoms with van der Waals surface area (Å²) in [6, 6.07) is 1.39. The van der Waals surface area contributed by atoms with Crippen LogP contribution in [0, 0.1) is 5.92 Å². The lowest BCUT2D eigenvalue weighted by molar-refractivity contribution is 0.0705. The Morgan fingerprint density at radius 2 is 2.29 bits per heavy atom. The third-order valence-electron chi connectivity index (χ3n) is 3.43. The number of nitrogens with one attached hydrogen (secondary N) is 1. The molecule has 1 aliphatic rings. The van der Waals surface area contributed by atoms with Gasteiger partial charge in [0.2, 0.25) is 0 Å². The Morgan fingerprint density at radius 3 is 2.82 bits per heavy atom. The van der Waals surface area contributed by atoms with Crippen molar-refractivity contribution in [1.82, 2.24) is 9.88 Å². The van der Waals surface area contributed by atoms with Gasteiger partial charge in [0, 0.05) is 31.5 Å². The Balaban J connectivity index is 2.11. The number of amides is 1. The zero-order valence-electron chi connectivity index (χ0n) is 10.1. The SMILES string of the molecule is CCN(CC1CCC1)C(=O)c1c[nH]ccc1=O. The number of aromatic nitrogens is 1. The summed E-state index contributed by atoms with van der Waals surface area (Å²) in [5.41, 5.74) is 0.0366. The highest BCUT2D eigenvalue weighted by molar-refractivity contribution is 5.93. The highest BCUT2D eigenvalue weighted by Crippen LogP contribution is 2.27. The van der Waals surface area contributed by atoms with E-state index in [1.807, 2.05) is 6.92 Å². The number of aromatic amines is 1. The molecular formula is C13H18N2O2. The summed E-state index contributed by atoms with van der Waals surface area (Å²) in [6.07, 6.45) is 6.71. The van der Waals surface area contributed by atoms with Crippen LogP contribution < -0.4 is 5.43 Å². The number of hydrogen-bond acceptors (Lipinski definition) is 2. The van der Waals surface area contributed by atoms with Crippen LogP contribution in [-0.2, 0) is 0 Å². The van der Waals surface area contributed by atoms with E-state index in [4.69, 9.17) is 0 Å². The van der Waals surface area contributed by atoms with Crippen molar-refractivity contribution in [1.29, 1.82) is 0 Å². The first-order chi connectivity index (χ1) is 8.22. The molecule has 0 aliphatic heterocycles. The predicted octanol–water partition coefficient (Wildman–Crippen LogP) is 1.64. The number of pyridine rings is 1. The van der Waals surface area contributed by atoms with Crippen molar-refractivity contribution in [2.45, 2.75) is 26.2 Å². The van der Waals surface area contributed by atoms with Crippen LogP contribution in [-0.4, -0.2) is 28.9 Å². The first-order valence-electron chi connectivity index (χ1n) is 6.18. The second-order valence-electron chi connectivity index (χ2n) is 4.56.